The molecule has 4 radical (unpaired) electrons. The van der Waals surface area contributed by atoms with Gasteiger partial charge in [-0.1, -0.05) is 13.3 Å². The summed E-state index contributed by atoms with van der Waals surface area (Å²) in [5.74, 6) is 1.39. The van der Waals surface area contributed by atoms with E-state index in [1.165, 1.54) is 0 Å². The minimum Gasteiger partial charge on any atom is -0.464 e. The number of hydrogen-bond donors (Lipinski definition) is 1. The molecule has 1 rings (SSSR count). The molecule has 76 valence electrons. The molecule has 1 atom stereocenters. The number of unbranched alkanes of at least 4 members (excludes halogenated alkanes) is 1. The normalized spacial score (nSPS) is 12.7. The molecule has 0 aromatic carbocycles. The third kappa shape index (κ3) is 3.20. The van der Waals surface area contributed by atoms with Gasteiger partial charge in [-0.05, 0) is 25.0 Å². The Labute approximate surface area is 94.3 Å². The Morgan fingerprint density at radius 2 is 2.20 bits per heavy atom. The molecular weight excluding hydrogens is 185 g/mol. The van der Waals surface area contributed by atoms with Crippen molar-refractivity contribution in [1.82, 2.24) is 0 Å². The maximum atomic E-state index is 9.62. The summed E-state index contributed by atoms with van der Waals surface area (Å²) in [5.41, 5.74) is 1.05. The Hall–Kier alpha value is -0.565. The van der Waals surface area contributed by atoms with Crippen LogP contribution >= 0.6 is 0 Å². The predicted molar refractivity (Wildman–Crippen MR) is 64.3 cm³/mol. The monoisotopic (exact) mass is 200 g/mol. The smallest absolute Gasteiger partial charge is 0.123 e. The van der Waals surface area contributed by atoms with Crippen LogP contribution in [0.1, 0.15) is 42.9 Å². The van der Waals surface area contributed by atoms with Crippen LogP contribution in [0.15, 0.2) is 10.5 Å². The van der Waals surface area contributed by atoms with Gasteiger partial charge in [-0.3, -0.25) is 0 Å². The lowest BCUT2D eigenvalue weighted by atomic mass is 9.16. The van der Waals surface area contributed by atoms with E-state index >= 15 is 0 Å². The van der Waals surface area contributed by atoms with Crippen LogP contribution in [-0.2, 0) is 6.42 Å². The average molecular weight is 200 g/mol. The Morgan fingerprint density at radius 1 is 1.53 bits per heavy atom. The second kappa shape index (κ2) is 5.50. The lowest BCUT2D eigenvalue weighted by Gasteiger charge is -2.09. The van der Waals surface area contributed by atoms with E-state index in [9.17, 15) is 5.11 Å². The summed E-state index contributed by atoms with van der Waals surface area (Å²) in [5, 5.41) is 9.62. The fraction of sp³-hybridized carbons (Fsp3) is 0.600. The van der Waals surface area contributed by atoms with Gasteiger partial charge in [-0.25, -0.2) is 0 Å². The summed E-state index contributed by atoms with van der Waals surface area (Å²) in [4.78, 5) is 0. The van der Waals surface area contributed by atoms with Gasteiger partial charge in [0.1, 0.15) is 11.5 Å². The van der Waals surface area contributed by atoms with E-state index in [1.807, 2.05) is 13.0 Å². The van der Waals surface area contributed by atoms with Crippen LogP contribution in [0, 0.1) is 6.92 Å². The maximum Gasteiger partial charge on any atom is 0.123 e. The molecule has 15 heavy (non-hydrogen) atoms. The molecule has 0 amide bonds. The summed E-state index contributed by atoms with van der Waals surface area (Å²) >= 11 is 0. The highest BCUT2D eigenvalue weighted by atomic mass is 16.4. The van der Waals surface area contributed by atoms with Crippen molar-refractivity contribution in [2.75, 3.05) is 0 Å². The first-order valence-electron chi connectivity index (χ1n) is 5.34. The maximum absolute atomic E-state index is 9.62. The van der Waals surface area contributed by atoms with Gasteiger partial charge in [-0.2, -0.15) is 0 Å². The molecule has 1 aromatic heterocycles. The van der Waals surface area contributed by atoms with E-state index in [2.05, 4.69) is 6.92 Å². The highest BCUT2D eigenvalue weighted by Gasteiger charge is 2.18. The van der Waals surface area contributed by atoms with Crippen molar-refractivity contribution in [2.24, 2.45) is 0 Å². The van der Waals surface area contributed by atoms with Crippen LogP contribution < -0.4 is 0 Å². The van der Waals surface area contributed by atoms with Crippen LogP contribution in [-0.4, -0.2) is 27.1 Å². The standard InChI is InChI=1S/C10H15B3O2/c1-3-4-5-8-7(2)6-9(15-8)10(14)13(11)12/h6,10,14H,3-5H2,1-2H3/t10-/m1/s1. The van der Waals surface area contributed by atoms with Crippen molar-refractivity contribution in [1.29, 1.82) is 0 Å². The van der Waals surface area contributed by atoms with Crippen LogP contribution in [0.5, 0.6) is 0 Å². The van der Waals surface area contributed by atoms with Gasteiger partial charge in [0, 0.05) is 21.9 Å². The van der Waals surface area contributed by atoms with E-state index in [0.717, 1.165) is 30.6 Å². The second-order valence-electron chi connectivity index (χ2n) is 3.88. The van der Waals surface area contributed by atoms with Crippen LogP contribution in [0.25, 0.3) is 0 Å². The Bertz CT molecular complexity index is 310. The lowest BCUT2D eigenvalue weighted by molar-refractivity contribution is 0.222. The number of hydrogen-bond acceptors (Lipinski definition) is 2. The first-order chi connectivity index (χ1) is 7.06. The number of rotatable bonds is 5. The molecule has 0 aliphatic rings. The molecule has 0 unspecified atom stereocenters. The second-order valence-corrected chi connectivity index (χ2v) is 3.88. The minimum absolute atomic E-state index is 0.466. The van der Waals surface area contributed by atoms with Gasteiger partial charge in [-0.15, -0.1) is 0 Å². The fourth-order valence-corrected chi connectivity index (χ4v) is 1.47. The van der Waals surface area contributed by atoms with Crippen LogP contribution in [0.3, 0.4) is 0 Å². The van der Waals surface area contributed by atoms with Crippen molar-refractivity contribution in [3.8, 4) is 0 Å². The molecule has 1 heterocycles. The average Bonchev–Trinajstić information content (AvgIpc) is 2.55. The van der Waals surface area contributed by atoms with Crippen LogP contribution in [0.2, 0.25) is 0 Å². The van der Waals surface area contributed by atoms with Crippen molar-refractivity contribution >= 4 is 22.0 Å². The first kappa shape index (κ1) is 12.5. The van der Waals surface area contributed by atoms with E-state index in [0.29, 0.717) is 5.76 Å². The van der Waals surface area contributed by atoms with Gasteiger partial charge < -0.3 is 9.52 Å². The van der Waals surface area contributed by atoms with Crippen molar-refractivity contribution in [3.05, 3.63) is 23.2 Å². The summed E-state index contributed by atoms with van der Waals surface area (Å²) < 4.78 is 5.53. The van der Waals surface area contributed by atoms with E-state index in [1.54, 1.807) is 0 Å². The molecule has 2 nitrogen and oxygen atoms in total. The van der Waals surface area contributed by atoms with Gasteiger partial charge in [0.25, 0.3) is 0 Å². The highest BCUT2D eigenvalue weighted by Crippen LogP contribution is 2.22. The molecule has 5 heteroatoms. The predicted octanol–water partition coefficient (Wildman–Crippen LogP) is 1.33. The summed E-state index contributed by atoms with van der Waals surface area (Å²) in [7, 11) is 10.8. The number of aliphatic hydroxyl groups is 1. The Morgan fingerprint density at radius 3 is 2.73 bits per heavy atom. The zero-order chi connectivity index (χ0) is 11.4. The summed E-state index contributed by atoms with van der Waals surface area (Å²) in [6.07, 6.45) is 3.10. The molecule has 0 aliphatic heterocycles. The number of aryl methyl sites for hydroxylation is 2. The zero-order valence-electron chi connectivity index (χ0n) is 9.36. The van der Waals surface area contributed by atoms with Crippen molar-refractivity contribution in [3.63, 3.8) is 0 Å². The molecule has 0 bridgehead atoms. The molecule has 1 aromatic rings. The number of furan rings is 1. The van der Waals surface area contributed by atoms with E-state index in [-0.39, 0.29) is 0 Å². The van der Waals surface area contributed by atoms with Gasteiger partial charge in [0.2, 0.25) is 0 Å². The molecule has 0 saturated carbocycles. The Kier molecular flexibility index (Phi) is 4.58. The van der Waals surface area contributed by atoms with E-state index in [4.69, 9.17) is 19.9 Å². The third-order valence-electron chi connectivity index (χ3n) is 2.45. The van der Waals surface area contributed by atoms with E-state index < -0.39 is 12.5 Å². The fourth-order valence-electron chi connectivity index (χ4n) is 1.47. The number of aliphatic hydroxyl groups excluding tert-OH is 1. The molecule has 1 N–H and O–H groups in total. The zero-order valence-corrected chi connectivity index (χ0v) is 9.36. The molecule has 0 fully saturated rings. The van der Waals surface area contributed by atoms with Gasteiger partial charge >= 0.3 is 0 Å². The highest BCUT2D eigenvalue weighted by molar-refractivity contribution is 7.29. The quantitative estimate of drug-likeness (QED) is 0.726. The third-order valence-corrected chi connectivity index (χ3v) is 2.45. The topological polar surface area (TPSA) is 33.4 Å². The van der Waals surface area contributed by atoms with Crippen molar-refractivity contribution in [2.45, 2.75) is 39.1 Å². The minimum atomic E-state index is -0.918. The van der Waals surface area contributed by atoms with Crippen LogP contribution in [0.4, 0.5) is 0 Å². The summed E-state index contributed by atoms with van der Waals surface area (Å²) in [6, 6.07) is 0.890. The SMILES string of the molecule is [B]B([B])[C@H](O)c1cc(C)c(CCCC)o1. The molecule has 0 saturated heterocycles. The molecular formula is C10H15B3O2. The Balaban J connectivity index is 2.76. The lowest BCUT2D eigenvalue weighted by Crippen LogP contribution is -2.24. The van der Waals surface area contributed by atoms with Gasteiger partial charge in [0.05, 0.1) is 12.5 Å². The summed E-state index contributed by atoms with van der Waals surface area (Å²) in [6.45, 7) is 3.30. The largest absolute Gasteiger partial charge is 0.464 e. The molecule has 0 spiro atoms. The molecule has 0 aliphatic carbocycles. The van der Waals surface area contributed by atoms with Gasteiger partial charge in [0.15, 0.2) is 0 Å². The van der Waals surface area contributed by atoms with Crippen molar-refractivity contribution < 1.29 is 9.52 Å². The first-order valence-corrected chi connectivity index (χ1v) is 5.34.